The van der Waals surface area contributed by atoms with Gasteiger partial charge in [-0.25, -0.2) is 4.79 Å². The van der Waals surface area contributed by atoms with Crippen LogP contribution < -0.4 is 10.5 Å². The van der Waals surface area contributed by atoms with Crippen molar-refractivity contribution in [1.82, 2.24) is 4.90 Å². The van der Waals surface area contributed by atoms with Gasteiger partial charge in [0.25, 0.3) is 0 Å². The van der Waals surface area contributed by atoms with E-state index in [1.807, 2.05) is 49.9 Å². The van der Waals surface area contributed by atoms with Crippen LogP contribution in [0.4, 0.5) is 4.79 Å². The number of carbonyl (C=O) groups is 1. The highest BCUT2D eigenvalue weighted by atomic mass is 31.2. The Morgan fingerprint density at radius 1 is 1.09 bits per heavy atom. The lowest BCUT2D eigenvalue weighted by atomic mass is 9.92. The number of amides is 1. The normalized spacial score (nSPS) is 16.2. The van der Waals surface area contributed by atoms with Crippen LogP contribution >= 0.6 is 7.60 Å². The summed E-state index contributed by atoms with van der Waals surface area (Å²) < 4.78 is 34.8. The molecule has 0 bridgehead atoms. The maximum absolute atomic E-state index is 12.8. The van der Waals surface area contributed by atoms with Crippen LogP contribution in [0, 0.1) is 5.92 Å². The first-order valence-electron chi connectivity index (χ1n) is 12.9. The molecule has 1 amide bonds. The van der Waals surface area contributed by atoms with Crippen molar-refractivity contribution in [2.75, 3.05) is 32.9 Å². The Kier molecular flexibility index (Phi) is 12.0. The Morgan fingerprint density at radius 2 is 1.69 bits per heavy atom. The molecule has 1 aliphatic heterocycles. The average molecular weight is 513 g/mol. The number of hydrogen-bond donors (Lipinski definition) is 1. The van der Waals surface area contributed by atoms with E-state index in [0.29, 0.717) is 32.2 Å². The highest BCUT2D eigenvalue weighted by Gasteiger charge is 2.32. The van der Waals surface area contributed by atoms with Crippen LogP contribution in [0.25, 0.3) is 0 Å². The lowest BCUT2D eigenvalue weighted by Crippen LogP contribution is -2.41. The van der Waals surface area contributed by atoms with E-state index >= 15 is 0 Å². The number of nitrogens with two attached hydrogens (primary N) is 1. The topological polar surface area (TPSA) is 100 Å². The number of carbonyl (C=O) groups excluding carboxylic acids is 1. The number of unbranched alkanes of at least 4 members (excludes halogenated alkanes) is 1. The molecule has 0 saturated carbocycles. The van der Waals surface area contributed by atoms with Crippen LogP contribution in [0.15, 0.2) is 24.3 Å². The highest BCUT2D eigenvalue weighted by Crippen LogP contribution is 2.51. The SMILES string of the molecule is CCOP(=O)(OCC)C(N)Cc1ccc(OCCCCC2CCN(C(=O)OC(C)(C)C)CC2)cc1. The quantitative estimate of drug-likeness (QED) is 0.256. The second-order valence-corrected chi connectivity index (χ2v) is 12.3. The Morgan fingerprint density at radius 3 is 2.23 bits per heavy atom. The van der Waals surface area contributed by atoms with Gasteiger partial charge in [-0.1, -0.05) is 18.6 Å². The van der Waals surface area contributed by atoms with Gasteiger partial charge in [-0.15, -0.1) is 0 Å². The van der Waals surface area contributed by atoms with Gasteiger partial charge >= 0.3 is 13.7 Å². The molecule has 1 aromatic carbocycles. The number of ether oxygens (including phenoxy) is 2. The lowest BCUT2D eigenvalue weighted by molar-refractivity contribution is 0.0180. The molecule has 200 valence electrons. The van der Waals surface area contributed by atoms with E-state index < -0.39 is 19.0 Å². The molecule has 0 aliphatic carbocycles. The fraction of sp³-hybridized carbons (Fsp3) is 0.731. The number of benzene rings is 1. The van der Waals surface area contributed by atoms with E-state index in [9.17, 15) is 9.36 Å². The van der Waals surface area contributed by atoms with Gasteiger partial charge in [0.2, 0.25) is 0 Å². The molecule has 0 radical (unpaired) electrons. The molecule has 2 rings (SSSR count). The summed E-state index contributed by atoms with van der Waals surface area (Å²) >= 11 is 0. The number of rotatable bonds is 13. The van der Waals surface area contributed by atoms with E-state index in [4.69, 9.17) is 24.3 Å². The average Bonchev–Trinajstić information content (AvgIpc) is 2.79. The first-order chi connectivity index (χ1) is 16.6. The summed E-state index contributed by atoms with van der Waals surface area (Å²) in [5.41, 5.74) is 6.66. The van der Waals surface area contributed by atoms with Crippen molar-refractivity contribution in [1.29, 1.82) is 0 Å². The molecule has 1 saturated heterocycles. The molecule has 1 heterocycles. The summed E-state index contributed by atoms with van der Waals surface area (Å²) in [5, 5.41) is 0. The van der Waals surface area contributed by atoms with Crippen molar-refractivity contribution in [3.63, 3.8) is 0 Å². The molecule has 1 unspecified atom stereocenters. The molecule has 1 aliphatic rings. The first kappa shape index (κ1) is 29.6. The third-order valence-electron chi connectivity index (χ3n) is 5.93. The number of nitrogens with zero attached hydrogens (tertiary/aromatic N) is 1. The van der Waals surface area contributed by atoms with Gasteiger partial charge in [-0.3, -0.25) is 4.57 Å². The standard InChI is InChI=1S/C26H45N2O6P/c1-6-32-35(30,33-7-2)24(27)20-22-11-13-23(14-12-22)31-19-9-8-10-21-15-17-28(18-16-21)25(29)34-26(3,4)5/h11-14,21,24H,6-10,15-20,27H2,1-5H3. The molecule has 1 fully saturated rings. The Bertz CT molecular complexity index is 793. The lowest BCUT2D eigenvalue weighted by Gasteiger charge is -2.33. The highest BCUT2D eigenvalue weighted by molar-refractivity contribution is 7.54. The number of likely N-dealkylation sites (tertiary alicyclic amines) is 1. The predicted octanol–water partition coefficient (Wildman–Crippen LogP) is 5.98. The predicted molar refractivity (Wildman–Crippen MR) is 139 cm³/mol. The summed E-state index contributed by atoms with van der Waals surface area (Å²) in [5.74, 6) is 0.762. The molecule has 1 aromatic rings. The van der Waals surface area contributed by atoms with Gasteiger partial charge in [-0.05, 0) is 90.3 Å². The van der Waals surface area contributed by atoms with Crippen LogP contribution in [0.5, 0.6) is 5.75 Å². The van der Waals surface area contributed by atoms with Gasteiger partial charge in [0.05, 0.1) is 19.8 Å². The van der Waals surface area contributed by atoms with Crippen molar-refractivity contribution in [2.45, 2.75) is 84.5 Å². The van der Waals surface area contributed by atoms with Crippen LogP contribution in [0.3, 0.4) is 0 Å². The molecule has 1 atom stereocenters. The van der Waals surface area contributed by atoms with E-state index in [0.717, 1.165) is 56.5 Å². The summed E-state index contributed by atoms with van der Waals surface area (Å²) in [6.45, 7) is 12.1. The second kappa shape index (κ2) is 14.2. The minimum Gasteiger partial charge on any atom is -0.494 e. The zero-order valence-electron chi connectivity index (χ0n) is 22.2. The number of hydrogen-bond acceptors (Lipinski definition) is 7. The summed E-state index contributed by atoms with van der Waals surface area (Å²) in [4.78, 5) is 14.0. The van der Waals surface area contributed by atoms with Gasteiger partial charge in [0.1, 0.15) is 17.1 Å². The second-order valence-electron chi connectivity index (χ2n) is 10.0. The molecule has 35 heavy (non-hydrogen) atoms. The van der Waals surface area contributed by atoms with Crippen LogP contribution in [-0.2, 0) is 24.8 Å². The first-order valence-corrected chi connectivity index (χ1v) is 14.5. The third kappa shape index (κ3) is 10.5. The molecule has 0 aromatic heterocycles. The summed E-state index contributed by atoms with van der Waals surface area (Å²) in [6.07, 6.45) is 5.52. The monoisotopic (exact) mass is 512 g/mol. The minimum atomic E-state index is -3.32. The largest absolute Gasteiger partial charge is 0.494 e. The molecule has 2 N–H and O–H groups in total. The van der Waals surface area contributed by atoms with Crippen molar-refractivity contribution < 1.29 is 27.9 Å². The van der Waals surface area contributed by atoms with E-state index in [1.54, 1.807) is 13.8 Å². The fourth-order valence-electron chi connectivity index (χ4n) is 4.12. The van der Waals surface area contributed by atoms with Crippen LogP contribution in [-0.4, -0.2) is 55.3 Å². The van der Waals surface area contributed by atoms with Gasteiger partial charge in [-0.2, -0.15) is 0 Å². The Balaban J connectivity index is 1.64. The fourth-order valence-corrected chi connectivity index (χ4v) is 5.73. The Hall–Kier alpha value is -1.60. The Labute approximate surface area is 211 Å². The maximum atomic E-state index is 12.8. The molecular formula is C26H45N2O6P. The zero-order chi connectivity index (χ0) is 25.9. The van der Waals surface area contributed by atoms with E-state index in [2.05, 4.69) is 0 Å². The van der Waals surface area contributed by atoms with Crippen molar-refractivity contribution in [2.24, 2.45) is 11.7 Å². The maximum Gasteiger partial charge on any atom is 0.410 e. The van der Waals surface area contributed by atoms with Crippen LogP contribution in [0.1, 0.15) is 72.3 Å². The molecule has 8 nitrogen and oxygen atoms in total. The minimum absolute atomic E-state index is 0.199. The van der Waals surface area contributed by atoms with E-state index in [-0.39, 0.29) is 6.09 Å². The van der Waals surface area contributed by atoms with Gasteiger partial charge < -0.3 is 29.2 Å². The zero-order valence-corrected chi connectivity index (χ0v) is 23.1. The van der Waals surface area contributed by atoms with Crippen LogP contribution in [0.2, 0.25) is 0 Å². The van der Waals surface area contributed by atoms with Crippen molar-refractivity contribution in [3.8, 4) is 5.75 Å². The number of piperidine rings is 1. The van der Waals surface area contributed by atoms with Crippen molar-refractivity contribution >= 4 is 13.7 Å². The van der Waals surface area contributed by atoms with Gasteiger partial charge in [0.15, 0.2) is 0 Å². The summed E-state index contributed by atoms with van der Waals surface area (Å²) in [6, 6.07) is 7.72. The molecule has 0 spiro atoms. The van der Waals surface area contributed by atoms with Gasteiger partial charge in [0, 0.05) is 13.1 Å². The molecular weight excluding hydrogens is 467 g/mol. The third-order valence-corrected chi connectivity index (χ3v) is 8.17. The van der Waals surface area contributed by atoms with E-state index in [1.165, 1.54) is 0 Å². The molecule has 9 heteroatoms. The smallest absolute Gasteiger partial charge is 0.410 e. The summed E-state index contributed by atoms with van der Waals surface area (Å²) in [7, 11) is -3.32. The van der Waals surface area contributed by atoms with Crippen molar-refractivity contribution in [3.05, 3.63) is 29.8 Å².